The molecule has 142 valence electrons. The van der Waals surface area contributed by atoms with E-state index < -0.39 is 0 Å². The molecule has 0 bridgehead atoms. The van der Waals surface area contributed by atoms with Gasteiger partial charge < -0.3 is 9.73 Å². The van der Waals surface area contributed by atoms with Gasteiger partial charge in [-0.3, -0.25) is 0 Å². The first-order valence-corrected chi connectivity index (χ1v) is 10.3. The third kappa shape index (κ3) is 2.42. The predicted molar refractivity (Wildman–Crippen MR) is 120 cm³/mol. The number of allylic oxidation sites excluding steroid dienone is 3. The van der Waals surface area contributed by atoms with E-state index in [4.69, 9.17) is 4.42 Å². The maximum atomic E-state index is 5.96. The SMILES string of the molecule is CC1(C)c2ccccc2C2C=CC(Nc3ccc4oc5ccccc5c4c3)=CC21. The van der Waals surface area contributed by atoms with Gasteiger partial charge in [-0.15, -0.1) is 0 Å². The molecule has 0 fully saturated rings. The van der Waals surface area contributed by atoms with Crippen LogP contribution in [-0.4, -0.2) is 0 Å². The smallest absolute Gasteiger partial charge is 0.135 e. The van der Waals surface area contributed by atoms with E-state index in [1.165, 1.54) is 16.8 Å². The van der Waals surface area contributed by atoms with Crippen LogP contribution in [0.2, 0.25) is 0 Å². The largest absolute Gasteiger partial charge is 0.456 e. The molecule has 2 heteroatoms. The van der Waals surface area contributed by atoms with Gasteiger partial charge in [-0.25, -0.2) is 0 Å². The molecule has 0 radical (unpaired) electrons. The monoisotopic (exact) mass is 377 g/mol. The van der Waals surface area contributed by atoms with Crippen LogP contribution in [0.1, 0.15) is 30.9 Å². The summed E-state index contributed by atoms with van der Waals surface area (Å²) in [5.41, 5.74) is 7.20. The van der Waals surface area contributed by atoms with Gasteiger partial charge in [0.05, 0.1) is 0 Å². The number of benzene rings is 3. The van der Waals surface area contributed by atoms with Crippen molar-refractivity contribution in [3.05, 3.63) is 102 Å². The summed E-state index contributed by atoms with van der Waals surface area (Å²) < 4.78 is 5.96. The van der Waals surface area contributed by atoms with E-state index >= 15 is 0 Å². The molecule has 1 N–H and O–H groups in total. The molecule has 1 aromatic heterocycles. The molecule has 3 aromatic carbocycles. The Hall–Kier alpha value is -3.26. The summed E-state index contributed by atoms with van der Waals surface area (Å²) in [6, 6.07) is 23.5. The standard InChI is InChI=1S/C27H23NO/c1-27(2)23-9-5-3-7-19(23)20-13-11-18(16-24(20)27)28-17-12-14-26-22(15-17)21-8-4-6-10-25(21)29-26/h3-16,20,24,28H,1-2H3. The molecule has 2 unspecified atom stereocenters. The maximum absolute atomic E-state index is 5.96. The molecule has 0 spiro atoms. The van der Waals surface area contributed by atoms with Crippen molar-refractivity contribution in [3.8, 4) is 0 Å². The Morgan fingerprint density at radius 3 is 2.59 bits per heavy atom. The number of para-hydroxylation sites is 1. The molecule has 1 heterocycles. The minimum absolute atomic E-state index is 0.129. The number of rotatable bonds is 2. The summed E-state index contributed by atoms with van der Waals surface area (Å²) in [4.78, 5) is 0. The number of nitrogens with one attached hydrogen (secondary N) is 1. The lowest BCUT2D eigenvalue weighted by atomic mass is 9.74. The second kappa shape index (κ2) is 5.87. The molecule has 2 aliphatic rings. The van der Waals surface area contributed by atoms with Crippen molar-refractivity contribution in [1.82, 2.24) is 0 Å². The summed E-state index contributed by atoms with van der Waals surface area (Å²) in [5.74, 6) is 0.929. The molecule has 0 saturated carbocycles. The van der Waals surface area contributed by atoms with Crippen LogP contribution in [0.5, 0.6) is 0 Å². The number of fused-ring (bicyclic) bond motifs is 6. The van der Waals surface area contributed by atoms with Crippen LogP contribution >= 0.6 is 0 Å². The second-order valence-corrected chi connectivity index (χ2v) is 8.78. The zero-order valence-electron chi connectivity index (χ0n) is 16.6. The van der Waals surface area contributed by atoms with Gasteiger partial charge >= 0.3 is 0 Å². The normalized spacial score (nSPS) is 21.8. The highest BCUT2D eigenvalue weighted by atomic mass is 16.3. The summed E-state index contributed by atoms with van der Waals surface area (Å²) in [6.07, 6.45) is 7.02. The van der Waals surface area contributed by atoms with Crippen LogP contribution in [0.4, 0.5) is 5.69 Å². The Labute approximate surface area is 170 Å². The van der Waals surface area contributed by atoms with Gasteiger partial charge in [0.25, 0.3) is 0 Å². The zero-order valence-corrected chi connectivity index (χ0v) is 16.6. The van der Waals surface area contributed by atoms with Crippen molar-refractivity contribution in [2.24, 2.45) is 5.92 Å². The molecule has 29 heavy (non-hydrogen) atoms. The molecule has 2 atom stereocenters. The van der Waals surface area contributed by atoms with Crippen LogP contribution in [0, 0.1) is 5.92 Å². The van der Waals surface area contributed by atoms with E-state index in [2.05, 4.69) is 92.0 Å². The van der Waals surface area contributed by atoms with E-state index in [1.54, 1.807) is 0 Å². The Kier molecular flexibility index (Phi) is 3.37. The summed E-state index contributed by atoms with van der Waals surface area (Å²) >= 11 is 0. The minimum atomic E-state index is 0.129. The highest BCUT2D eigenvalue weighted by Crippen LogP contribution is 2.53. The third-order valence-electron chi connectivity index (χ3n) is 6.74. The van der Waals surface area contributed by atoms with Gasteiger partial charge in [-0.1, -0.05) is 68.5 Å². The quantitative estimate of drug-likeness (QED) is 0.401. The highest BCUT2D eigenvalue weighted by molar-refractivity contribution is 6.06. The fraction of sp³-hybridized carbons (Fsp3) is 0.185. The Bertz CT molecular complexity index is 1320. The maximum Gasteiger partial charge on any atom is 0.135 e. The molecule has 2 aliphatic carbocycles. The van der Waals surface area contributed by atoms with Gasteiger partial charge in [0.2, 0.25) is 0 Å². The molecule has 0 aliphatic heterocycles. The number of hydrogen-bond acceptors (Lipinski definition) is 2. The van der Waals surface area contributed by atoms with Gasteiger partial charge in [-0.05, 0) is 52.8 Å². The molecule has 6 rings (SSSR count). The van der Waals surface area contributed by atoms with Crippen LogP contribution in [0.15, 0.2) is 95.1 Å². The number of furan rings is 1. The van der Waals surface area contributed by atoms with Crippen molar-refractivity contribution < 1.29 is 4.42 Å². The van der Waals surface area contributed by atoms with Crippen LogP contribution < -0.4 is 5.32 Å². The zero-order chi connectivity index (χ0) is 19.6. The van der Waals surface area contributed by atoms with Crippen LogP contribution in [-0.2, 0) is 5.41 Å². The Balaban J connectivity index is 1.36. The van der Waals surface area contributed by atoms with E-state index in [0.29, 0.717) is 11.8 Å². The van der Waals surface area contributed by atoms with E-state index in [0.717, 1.165) is 27.6 Å². The fourth-order valence-electron chi connectivity index (χ4n) is 5.24. The van der Waals surface area contributed by atoms with E-state index in [-0.39, 0.29) is 5.41 Å². The molecule has 2 nitrogen and oxygen atoms in total. The van der Waals surface area contributed by atoms with Gasteiger partial charge in [0.15, 0.2) is 0 Å². The first kappa shape index (κ1) is 16.7. The van der Waals surface area contributed by atoms with Crippen molar-refractivity contribution in [2.75, 3.05) is 5.32 Å². The summed E-state index contributed by atoms with van der Waals surface area (Å²) in [7, 11) is 0. The lowest BCUT2D eigenvalue weighted by molar-refractivity contribution is 0.393. The van der Waals surface area contributed by atoms with Crippen molar-refractivity contribution in [1.29, 1.82) is 0 Å². The van der Waals surface area contributed by atoms with Crippen molar-refractivity contribution in [3.63, 3.8) is 0 Å². The van der Waals surface area contributed by atoms with E-state index in [1.807, 2.05) is 12.1 Å². The topological polar surface area (TPSA) is 25.2 Å². The fourth-order valence-corrected chi connectivity index (χ4v) is 5.24. The molecular formula is C27H23NO. The molecule has 4 aromatic rings. The average Bonchev–Trinajstić information content (AvgIpc) is 3.21. The first-order chi connectivity index (χ1) is 14.1. The molecule has 0 saturated heterocycles. The average molecular weight is 377 g/mol. The first-order valence-electron chi connectivity index (χ1n) is 10.3. The van der Waals surface area contributed by atoms with Crippen LogP contribution in [0.3, 0.4) is 0 Å². The highest BCUT2D eigenvalue weighted by Gasteiger charge is 2.44. The second-order valence-electron chi connectivity index (χ2n) is 8.78. The number of anilines is 1. The summed E-state index contributed by atoms with van der Waals surface area (Å²) in [6.45, 7) is 4.74. The lowest BCUT2D eigenvalue weighted by Crippen LogP contribution is -2.26. The molecular weight excluding hydrogens is 354 g/mol. The Morgan fingerprint density at radius 2 is 1.66 bits per heavy atom. The minimum Gasteiger partial charge on any atom is -0.456 e. The molecule has 0 amide bonds. The van der Waals surface area contributed by atoms with Gasteiger partial charge in [0, 0.05) is 28.1 Å². The third-order valence-corrected chi connectivity index (χ3v) is 6.74. The van der Waals surface area contributed by atoms with Crippen molar-refractivity contribution >= 4 is 27.6 Å². The Morgan fingerprint density at radius 1 is 0.862 bits per heavy atom. The van der Waals surface area contributed by atoms with Crippen molar-refractivity contribution in [2.45, 2.75) is 25.2 Å². The summed E-state index contributed by atoms with van der Waals surface area (Å²) in [5, 5.41) is 5.95. The predicted octanol–water partition coefficient (Wildman–Crippen LogP) is 7.14. The van der Waals surface area contributed by atoms with Gasteiger partial charge in [0.1, 0.15) is 11.2 Å². The van der Waals surface area contributed by atoms with E-state index in [9.17, 15) is 0 Å². The number of hydrogen-bond donors (Lipinski definition) is 1. The lowest BCUT2D eigenvalue weighted by Gasteiger charge is -2.31. The van der Waals surface area contributed by atoms with Gasteiger partial charge in [-0.2, -0.15) is 0 Å². The van der Waals surface area contributed by atoms with Crippen LogP contribution in [0.25, 0.3) is 21.9 Å².